The molecule has 0 aromatic heterocycles. The number of urea groups is 1. The molecule has 0 bridgehead atoms. The van der Waals surface area contributed by atoms with Gasteiger partial charge >= 0.3 is 6.03 Å². The molecule has 0 spiro atoms. The maximum absolute atomic E-state index is 12.3. The van der Waals surface area contributed by atoms with Crippen LogP contribution in [0.25, 0.3) is 0 Å². The zero-order chi connectivity index (χ0) is 19.1. The third-order valence-electron chi connectivity index (χ3n) is 3.76. The summed E-state index contributed by atoms with van der Waals surface area (Å²) in [5, 5.41) is 8.26. The number of para-hydroxylation sites is 1. The lowest BCUT2D eigenvalue weighted by Gasteiger charge is -2.09. The van der Waals surface area contributed by atoms with Gasteiger partial charge in [0.25, 0.3) is 5.91 Å². The predicted molar refractivity (Wildman–Crippen MR) is 106 cm³/mol. The van der Waals surface area contributed by atoms with Crippen molar-refractivity contribution in [1.82, 2.24) is 0 Å². The third kappa shape index (κ3) is 5.09. The Morgan fingerprint density at radius 2 is 1.33 bits per heavy atom. The highest BCUT2D eigenvalue weighted by atomic mass is 16.5. The summed E-state index contributed by atoms with van der Waals surface area (Å²) >= 11 is 0. The molecule has 0 saturated carbocycles. The maximum atomic E-state index is 12.3. The number of hydrogen-bond acceptors (Lipinski definition) is 3. The molecule has 3 N–H and O–H groups in total. The highest BCUT2D eigenvalue weighted by molar-refractivity contribution is 6.05. The van der Waals surface area contributed by atoms with Crippen LogP contribution in [0.3, 0.4) is 0 Å². The van der Waals surface area contributed by atoms with Crippen molar-refractivity contribution in [2.24, 2.45) is 0 Å². The Bertz CT molecular complexity index is 925. The van der Waals surface area contributed by atoms with Crippen molar-refractivity contribution in [2.45, 2.75) is 0 Å². The molecule has 0 aliphatic carbocycles. The van der Waals surface area contributed by atoms with Crippen molar-refractivity contribution in [1.29, 1.82) is 0 Å². The van der Waals surface area contributed by atoms with Crippen molar-refractivity contribution >= 4 is 29.0 Å². The Kier molecular flexibility index (Phi) is 5.69. The Balaban J connectivity index is 1.59. The first kappa shape index (κ1) is 18.0. The summed E-state index contributed by atoms with van der Waals surface area (Å²) in [6.07, 6.45) is 0. The molecule has 0 fully saturated rings. The highest BCUT2D eigenvalue weighted by Crippen LogP contribution is 2.18. The average Bonchev–Trinajstić information content (AvgIpc) is 2.69. The van der Waals surface area contributed by atoms with Gasteiger partial charge in [-0.25, -0.2) is 4.79 Å². The van der Waals surface area contributed by atoms with Crippen LogP contribution >= 0.6 is 0 Å². The predicted octanol–water partition coefficient (Wildman–Crippen LogP) is 4.59. The first-order chi connectivity index (χ1) is 13.1. The minimum atomic E-state index is -0.352. The summed E-state index contributed by atoms with van der Waals surface area (Å²) in [6, 6.07) is 22.5. The van der Waals surface area contributed by atoms with Crippen LogP contribution in [-0.4, -0.2) is 19.0 Å². The van der Waals surface area contributed by atoms with E-state index in [1.165, 1.54) is 0 Å². The largest absolute Gasteiger partial charge is 0.497 e. The van der Waals surface area contributed by atoms with E-state index in [1.54, 1.807) is 67.8 Å². The Labute approximate surface area is 157 Å². The van der Waals surface area contributed by atoms with E-state index in [4.69, 9.17) is 4.74 Å². The standard InChI is InChI=1S/C21H19N3O3/c1-27-19-9-5-8-18(14-19)22-20(25)15-10-12-17(13-11-15)24-21(26)23-16-6-3-2-4-7-16/h2-14H,1H3,(H,22,25)(H2,23,24,26). The summed E-state index contributed by atoms with van der Waals surface area (Å²) in [5.41, 5.74) is 2.40. The molecule has 3 aromatic rings. The lowest BCUT2D eigenvalue weighted by molar-refractivity contribution is 0.102. The van der Waals surface area contributed by atoms with E-state index < -0.39 is 0 Å². The zero-order valence-corrected chi connectivity index (χ0v) is 14.7. The second kappa shape index (κ2) is 8.53. The summed E-state index contributed by atoms with van der Waals surface area (Å²) in [7, 11) is 1.57. The molecule has 0 radical (unpaired) electrons. The number of anilines is 3. The first-order valence-corrected chi connectivity index (χ1v) is 8.32. The van der Waals surface area contributed by atoms with Gasteiger partial charge in [-0.05, 0) is 48.5 Å². The average molecular weight is 361 g/mol. The van der Waals surface area contributed by atoms with Crippen LogP contribution in [0.15, 0.2) is 78.9 Å². The number of methoxy groups -OCH3 is 1. The molecule has 3 aromatic carbocycles. The lowest BCUT2D eigenvalue weighted by atomic mass is 10.2. The Hall–Kier alpha value is -3.80. The molecule has 0 unspecified atom stereocenters. The van der Waals surface area contributed by atoms with Gasteiger partial charge in [0.1, 0.15) is 5.75 Å². The molecule has 136 valence electrons. The fraction of sp³-hybridized carbons (Fsp3) is 0.0476. The van der Waals surface area contributed by atoms with E-state index in [9.17, 15) is 9.59 Å². The zero-order valence-electron chi connectivity index (χ0n) is 14.7. The van der Waals surface area contributed by atoms with Crippen LogP contribution in [0.1, 0.15) is 10.4 Å². The quantitative estimate of drug-likeness (QED) is 0.622. The van der Waals surface area contributed by atoms with E-state index in [0.717, 1.165) is 0 Å². The fourth-order valence-electron chi connectivity index (χ4n) is 2.42. The van der Waals surface area contributed by atoms with Crippen molar-refractivity contribution in [2.75, 3.05) is 23.1 Å². The first-order valence-electron chi connectivity index (χ1n) is 8.32. The van der Waals surface area contributed by atoms with Crippen LogP contribution < -0.4 is 20.7 Å². The van der Waals surface area contributed by atoms with Crippen LogP contribution in [0.5, 0.6) is 5.75 Å². The van der Waals surface area contributed by atoms with Gasteiger partial charge in [-0.15, -0.1) is 0 Å². The third-order valence-corrected chi connectivity index (χ3v) is 3.76. The van der Waals surface area contributed by atoms with E-state index in [1.807, 2.05) is 18.2 Å². The summed E-state index contributed by atoms with van der Waals surface area (Å²) in [5.74, 6) is 0.417. The number of nitrogens with one attached hydrogen (secondary N) is 3. The van der Waals surface area contributed by atoms with Gasteiger partial charge in [-0.1, -0.05) is 24.3 Å². The van der Waals surface area contributed by atoms with Crippen molar-refractivity contribution in [3.63, 3.8) is 0 Å². The lowest BCUT2D eigenvalue weighted by Crippen LogP contribution is -2.19. The second-order valence-electron chi connectivity index (χ2n) is 5.71. The number of amides is 3. The monoisotopic (exact) mass is 361 g/mol. The minimum Gasteiger partial charge on any atom is -0.497 e. The number of rotatable bonds is 5. The van der Waals surface area contributed by atoms with Crippen LogP contribution in [0.4, 0.5) is 21.9 Å². The maximum Gasteiger partial charge on any atom is 0.323 e. The smallest absolute Gasteiger partial charge is 0.323 e. The summed E-state index contributed by atoms with van der Waals surface area (Å²) < 4.78 is 5.14. The normalized spacial score (nSPS) is 9.96. The SMILES string of the molecule is COc1cccc(NC(=O)c2ccc(NC(=O)Nc3ccccc3)cc2)c1. The number of carbonyl (C=O) groups excluding carboxylic acids is 2. The van der Waals surface area contributed by atoms with E-state index in [0.29, 0.717) is 28.4 Å². The van der Waals surface area contributed by atoms with Crippen molar-refractivity contribution in [3.05, 3.63) is 84.4 Å². The van der Waals surface area contributed by atoms with E-state index >= 15 is 0 Å². The molecular formula is C21H19N3O3. The number of ether oxygens (including phenoxy) is 1. The van der Waals surface area contributed by atoms with Gasteiger partial charge in [0.2, 0.25) is 0 Å². The molecule has 6 heteroatoms. The Morgan fingerprint density at radius 3 is 2.00 bits per heavy atom. The molecule has 0 aliphatic rings. The number of benzene rings is 3. The van der Waals surface area contributed by atoms with Crippen molar-refractivity contribution < 1.29 is 14.3 Å². The summed E-state index contributed by atoms with van der Waals surface area (Å²) in [4.78, 5) is 24.3. The minimum absolute atomic E-state index is 0.247. The van der Waals surface area contributed by atoms with E-state index in [-0.39, 0.29) is 11.9 Å². The number of hydrogen-bond donors (Lipinski definition) is 3. The van der Waals surface area contributed by atoms with Gasteiger partial charge in [-0.2, -0.15) is 0 Å². The molecule has 0 heterocycles. The fourth-order valence-corrected chi connectivity index (χ4v) is 2.42. The van der Waals surface area contributed by atoms with Gasteiger partial charge < -0.3 is 20.7 Å². The summed E-state index contributed by atoms with van der Waals surface area (Å²) in [6.45, 7) is 0. The van der Waals surface area contributed by atoms with Crippen LogP contribution in [-0.2, 0) is 0 Å². The molecule has 3 rings (SSSR count). The topological polar surface area (TPSA) is 79.5 Å². The molecular weight excluding hydrogens is 342 g/mol. The van der Waals surface area contributed by atoms with Crippen LogP contribution in [0, 0.1) is 0 Å². The van der Waals surface area contributed by atoms with Crippen molar-refractivity contribution in [3.8, 4) is 5.75 Å². The van der Waals surface area contributed by atoms with Crippen LogP contribution in [0.2, 0.25) is 0 Å². The molecule has 0 saturated heterocycles. The molecule has 0 aliphatic heterocycles. The van der Waals surface area contributed by atoms with Gasteiger partial charge in [0.15, 0.2) is 0 Å². The van der Waals surface area contributed by atoms with Gasteiger partial charge in [0.05, 0.1) is 7.11 Å². The molecule has 6 nitrogen and oxygen atoms in total. The Morgan fingerprint density at radius 1 is 0.704 bits per heavy atom. The van der Waals surface area contributed by atoms with E-state index in [2.05, 4.69) is 16.0 Å². The number of carbonyl (C=O) groups is 2. The molecule has 3 amide bonds. The molecule has 27 heavy (non-hydrogen) atoms. The van der Waals surface area contributed by atoms with Gasteiger partial charge in [-0.3, -0.25) is 4.79 Å². The molecule has 0 atom stereocenters. The highest BCUT2D eigenvalue weighted by Gasteiger charge is 2.08. The second-order valence-corrected chi connectivity index (χ2v) is 5.71. The van der Waals surface area contributed by atoms with Gasteiger partial charge in [0, 0.05) is 28.7 Å².